The standard InChI is InChI=1S/C19H22ClN3O2/c1-14-15(20)5-4-6-16(14)21-19(25)13-22-9-11-23(12-10-22)17-7-2-3-8-18(17)24/h2-8,24H,9-13H2,1H3,(H,21,25)/p+1. The minimum atomic E-state index is -0.00336. The van der Waals surface area contributed by atoms with E-state index in [4.69, 9.17) is 11.6 Å². The van der Waals surface area contributed by atoms with Crippen LogP contribution in [0.2, 0.25) is 5.02 Å². The lowest BCUT2D eigenvalue weighted by Gasteiger charge is -2.33. The highest BCUT2D eigenvalue weighted by molar-refractivity contribution is 6.31. The zero-order valence-corrected chi connectivity index (χ0v) is 15.0. The van der Waals surface area contributed by atoms with E-state index >= 15 is 0 Å². The van der Waals surface area contributed by atoms with Crippen molar-refractivity contribution in [3.8, 4) is 5.75 Å². The van der Waals surface area contributed by atoms with Crippen LogP contribution < -0.4 is 15.1 Å². The van der Waals surface area contributed by atoms with Crippen molar-refractivity contribution in [1.29, 1.82) is 0 Å². The van der Waals surface area contributed by atoms with Gasteiger partial charge in [-0.1, -0.05) is 29.8 Å². The van der Waals surface area contributed by atoms with Crippen LogP contribution >= 0.6 is 11.6 Å². The summed E-state index contributed by atoms with van der Waals surface area (Å²) in [6.45, 7) is 5.68. The Morgan fingerprint density at radius 3 is 2.64 bits per heavy atom. The van der Waals surface area contributed by atoms with Crippen molar-refractivity contribution in [1.82, 2.24) is 0 Å². The molecular formula is C19H23ClN3O2+. The van der Waals surface area contributed by atoms with E-state index in [1.54, 1.807) is 6.07 Å². The Labute approximate surface area is 152 Å². The van der Waals surface area contributed by atoms with Crippen LogP contribution in [-0.2, 0) is 4.79 Å². The van der Waals surface area contributed by atoms with E-state index in [9.17, 15) is 9.90 Å². The molecule has 1 aliphatic heterocycles. The maximum Gasteiger partial charge on any atom is 0.279 e. The van der Waals surface area contributed by atoms with Crippen LogP contribution in [0.15, 0.2) is 42.5 Å². The third-order valence-corrected chi connectivity index (χ3v) is 5.05. The molecule has 1 heterocycles. The van der Waals surface area contributed by atoms with E-state index in [-0.39, 0.29) is 5.91 Å². The molecule has 0 unspecified atom stereocenters. The summed E-state index contributed by atoms with van der Waals surface area (Å²) < 4.78 is 0. The molecule has 132 valence electrons. The third-order valence-electron chi connectivity index (χ3n) is 4.65. The van der Waals surface area contributed by atoms with Crippen LogP contribution in [0.3, 0.4) is 0 Å². The molecule has 0 radical (unpaired) electrons. The molecule has 0 aromatic heterocycles. The average Bonchev–Trinajstić information content (AvgIpc) is 2.60. The van der Waals surface area contributed by atoms with Crippen LogP contribution in [0.4, 0.5) is 11.4 Å². The first-order chi connectivity index (χ1) is 12.0. The first-order valence-corrected chi connectivity index (χ1v) is 8.84. The van der Waals surface area contributed by atoms with Gasteiger partial charge in [-0.05, 0) is 36.8 Å². The van der Waals surface area contributed by atoms with Crippen LogP contribution in [0.1, 0.15) is 5.56 Å². The Kier molecular flexibility index (Phi) is 5.46. The van der Waals surface area contributed by atoms with Crippen LogP contribution in [0.5, 0.6) is 5.75 Å². The summed E-state index contributed by atoms with van der Waals surface area (Å²) in [6.07, 6.45) is 0. The van der Waals surface area contributed by atoms with Crippen LogP contribution in [0.25, 0.3) is 0 Å². The van der Waals surface area contributed by atoms with Crippen LogP contribution in [0, 0.1) is 6.92 Å². The van der Waals surface area contributed by atoms with Gasteiger partial charge in [0.2, 0.25) is 0 Å². The summed E-state index contributed by atoms with van der Waals surface area (Å²) in [4.78, 5) is 15.7. The fourth-order valence-corrected chi connectivity index (χ4v) is 3.31. The average molecular weight is 361 g/mol. The molecule has 1 amide bonds. The van der Waals surface area contributed by atoms with Gasteiger partial charge in [0.05, 0.1) is 31.9 Å². The van der Waals surface area contributed by atoms with Gasteiger partial charge in [-0.3, -0.25) is 4.79 Å². The van der Waals surface area contributed by atoms with Gasteiger partial charge in [-0.25, -0.2) is 0 Å². The first-order valence-electron chi connectivity index (χ1n) is 8.46. The highest BCUT2D eigenvalue weighted by Gasteiger charge is 2.23. The maximum absolute atomic E-state index is 12.3. The van der Waals surface area contributed by atoms with Crippen molar-refractivity contribution in [3.05, 3.63) is 53.1 Å². The number of halogens is 1. The number of piperazine rings is 1. The Morgan fingerprint density at radius 2 is 1.92 bits per heavy atom. The van der Waals surface area contributed by atoms with Gasteiger partial charge < -0.3 is 20.2 Å². The van der Waals surface area contributed by atoms with E-state index < -0.39 is 0 Å². The van der Waals surface area contributed by atoms with E-state index in [2.05, 4.69) is 10.2 Å². The smallest absolute Gasteiger partial charge is 0.279 e. The predicted molar refractivity (Wildman–Crippen MR) is 101 cm³/mol. The zero-order chi connectivity index (χ0) is 17.8. The van der Waals surface area contributed by atoms with Crippen LogP contribution in [-0.4, -0.2) is 43.7 Å². The Morgan fingerprint density at radius 1 is 1.20 bits per heavy atom. The minimum Gasteiger partial charge on any atom is -0.506 e. The number of anilines is 2. The zero-order valence-electron chi connectivity index (χ0n) is 14.3. The number of hydrogen-bond acceptors (Lipinski definition) is 3. The van der Waals surface area contributed by atoms with E-state index in [0.717, 1.165) is 43.1 Å². The lowest BCUT2D eigenvalue weighted by atomic mass is 10.2. The largest absolute Gasteiger partial charge is 0.506 e. The second kappa shape index (κ2) is 7.76. The number of quaternary nitrogens is 1. The number of aromatic hydroxyl groups is 1. The highest BCUT2D eigenvalue weighted by atomic mass is 35.5. The molecule has 1 saturated heterocycles. The maximum atomic E-state index is 12.3. The van der Waals surface area contributed by atoms with Crippen molar-refractivity contribution in [2.24, 2.45) is 0 Å². The molecule has 0 saturated carbocycles. The fourth-order valence-electron chi connectivity index (χ4n) is 3.14. The number of benzene rings is 2. The van der Waals surface area contributed by atoms with Crippen molar-refractivity contribution >= 4 is 28.9 Å². The van der Waals surface area contributed by atoms with Gasteiger partial charge in [0.25, 0.3) is 5.91 Å². The lowest BCUT2D eigenvalue weighted by molar-refractivity contribution is -0.892. The molecule has 0 aliphatic carbocycles. The summed E-state index contributed by atoms with van der Waals surface area (Å²) in [6, 6.07) is 12.9. The van der Waals surface area contributed by atoms with Crippen molar-refractivity contribution < 1.29 is 14.8 Å². The fraction of sp³-hybridized carbons (Fsp3) is 0.316. The van der Waals surface area contributed by atoms with Gasteiger partial charge in [0.1, 0.15) is 5.75 Å². The molecule has 1 aliphatic rings. The predicted octanol–water partition coefficient (Wildman–Crippen LogP) is 1.70. The van der Waals surface area contributed by atoms with Crippen molar-refractivity contribution in [3.63, 3.8) is 0 Å². The quantitative estimate of drug-likeness (QED) is 0.778. The second-order valence-electron chi connectivity index (χ2n) is 6.36. The van der Waals surface area contributed by atoms with Gasteiger partial charge in [0.15, 0.2) is 6.54 Å². The molecule has 3 rings (SSSR count). The van der Waals surface area contributed by atoms with Gasteiger partial charge in [-0.15, -0.1) is 0 Å². The monoisotopic (exact) mass is 360 g/mol. The molecule has 5 nitrogen and oxygen atoms in total. The Balaban J connectivity index is 1.53. The molecule has 0 bridgehead atoms. The molecule has 3 N–H and O–H groups in total. The number of hydrogen-bond donors (Lipinski definition) is 3. The number of nitrogens with zero attached hydrogens (tertiary/aromatic N) is 1. The molecule has 6 heteroatoms. The second-order valence-corrected chi connectivity index (χ2v) is 6.77. The number of phenolic OH excluding ortho intramolecular Hbond substituents is 1. The van der Waals surface area contributed by atoms with Gasteiger partial charge in [0, 0.05) is 10.7 Å². The number of para-hydroxylation sites is 2. The van der Waals surface area contributed by atoms with Crippen molar-refractivity contribution in [2.45, 2.75) is 6.92 Å². The number of nitrogens with one attached hydrogen (secondary N) is 2. The number of carbonyl (C=O) groups excluding carboxylic acids is 1. The number of rotatable bonds is 4. The van der Waals surface area contributed by atoms with Gasteiger partial charge >= 0.3 is 0 Å². The summed E-state index contributed by atoms with van der Waals surface area (Å²) >= 11 is 6.09. The molecule has 0 spiro atoms. The number of carbonyl (C=O) groups is 1. The minimum absolute atomic E-state index is 0.00336. The summed E-state index contributed by atoms with van der Waals surface area (Å²) in [5, 5.41) is 13.6. The topological polar surface area (TPSA) is 57.0 Å². The Bertz CT molecular complexity index is 758. The summed E-state index contributed by atoms with van der Waals surface area (Å²) in [5.41, 5.74) is 2.52. The lowest BCUT2D eigenvalue weighted by Crippen LogP contribution is -3.15. The SMILES string of the molecule is Cc1c(Cl)cccc1NC(=O)C[NH+]1CCN(c2ccccc2O)CC1. The normalized spacial score (nSPS) is 15.2. The third kappa shape index (κ3) is 4.24. The van der Waals surface area contributed by atoms with Crippen molar-refractivity contribution in [2.75, 3.05) is 42.9 Å². The molecule has 25 heavy (non-hydrogen) atoms. The Hall–Kier alpha value is -2.24. The van der Waals surface area contributed by atoms with E-state index in [1.807, 2.05) is 43.3 Å². The van der Waals surface area contributed by atoms with Gasteiger partial charge in [-0.2, -0.15) is 0 Å². The number of amides is 1. The first kappa shape index (κ1) is 17.6. The van der Waals surface area contributed by atoms with E-state index in [0.29, 0.717) is 17.3 Å². The van der Waals surface area contributed by atoms with E-state index in [1.165, 1.54) is 4.90 Å². The molecule has 0 atom stereocenters. The molecule has 2 aromatic carbocycles. The molecule has 2 aromatic rings. The molecule has 1 fully saturated rings. The summed E-state index contributed by atoms with van der Waals surface area (Å²) in [7, 11) is 0. The highest BCUT2D eigenvalue weighted by Crippen LogP contribution is 2.26. The molecular weight excluding hydrogens is 338 g/mol. The number of phenols is 1. The summed E-state index contributed by atoms with van der Waals surface area (Å²) in [5.74, 6) is 0.302.